The highest BCUT2D eigenvalue weighted by atomic mass is 16.3. The largest absolute Gasteiger partial charge is 0.448 e. The maximum atomic E-state index is 8.24. The smallest absolute Gasteiger partial charge is 0.206 e. The summed E-state index contributed by atoms with van der Waals surface area (Å²) in [5, 5.41) is 11.6. The number of nitrogens with zero attached hydrogens (tertiary/aromatic N) is 2. The fraction of sp³-hybridized carbons (Fsp3) is 0.308. The van der Waals surface area contributed by atoms with Crippen LogP contribution in [0.5, 0.6) is 0 Å². The third-order valence-corrected chi connectivity index (χ3v) is 3.30. The molecule has 18 heavy (non-hydrogen) atoms. The van der Waals surface area contributed by atoms with Gasteiger partial charge in [0.25, 0.3) is 0 Å². The van der Waals surface area contributed by atoms with Crippen LogP contribution in [0.3, 0.4) is 0 Å². The van der Waals surface area contributed by atoms with Gasteiger partial charge in [-0.25, -0.2) is 0 Å². The number of hydrogen-bond donors (Lipinski definition) is 2. The molecule has 1 aromatic heterocycles. The van der Waals surface area contributed by atoms with Gasteiger partial charge in [-0.05, 0) is 17.2 Å². The molecule has 0 aromatic carbocycles. The molecule has 94 valence electrons. The molecule has 0 radical (unpaired) electrons. The molecule has 2 aliphatic rings. The standard InChI is InChI=1S/C13H16N4O/c1-9-6-15-7-10-8-16(2)13(14)17(12(9)10)11-4-3-5-18-11/h3-5,14-15H,1,6-8H2,2H3. The van der Waals surface area contributed by atoms with E-state index in [1.165, 1.54) is 5.57 Å². The molecule has 5 heteroatoms. The molecule has 2 N–H and O–H groups in total. The molecule has 0 bridgehead atoms. The average molecular weight is 244 g/mol. The molecule has 0 fully saturated rings. The van der Waals surface area contributed by atoms with Crippen molar-refractivity contribution in [2.24, 2.45) is 0 Å². The van der Waals surface area contributed by atoms with Crippen molar-refractivity contribution in [2.75, 3.05) is 31.6 Å². The Bertz CT molecular complexity index is 529. The minimum Gasteiger partial charge on any atom is -0.448 e. The van der Waals surface area contributed by atoms with Gasteiger partial charge < -0.3 is 14.6 Å². The van der Waals surface area contributed by atoms with Gasteiger partial charge in [0.15, 0.2) is 0 Å². The lowest BCUT2D eigenvalue weighted by atomic mass is 10.00. The van der Waals surface area contributed by atoms with Gasteiger partial charge in [-0.2, -0.15) is 0 Å². The van der Waals surface area contributed by atoms with Crippen LogP contribution in [0.25, 0.3) is 0 Å². The molecule has 0 spiro atoms. The number of guanidine groups is 1. The fourth-order valence-electron chi connectivity index (χ4n) is 2.48. The number of hydrogen-bond acceptors (Lipinski definition) is 3. The topological polar surface area (TPSA) is 55.5 Å². The number of nitrogens with one attached hydrogen (secondary N) is 2. The van der Waals surface area contributed by atoms with Crippen LogP contribution in [0.1, 0.15) is 0 Å². The van der Waals surface area contributed by atoms with Crippen LogP contribution in [0.2, 0.25) is 0 Å². The molecule has 3 heterocycles. The molecule has 0 aliphatic carbocycles. The van der Waals surface area contributed by atoms with Crippen molar-refractivity contribution >= 4 is 11.8 Å². The summed E-state index contributed by atoms with van der Waals surface area (Å²) in [7, 11) is 1.92. The molecule has 2 aliphatic heterocycles. The van der Waals surface area contributed by atoms with E-state index in [0.29, 0.717) is 11.8 Å². The third kappa shape index (κ3) is 1.55. The molecule has 0 saturated carbocycles. The summed E-state index contributed by atoms with van der Waals surface area (Å²) in [5.41, 5.74) is 3.29. The van der Waals surface area contributed by atoms with E-state index in [1.807, 2.05) is 29.0 Å². The quantitative estimate of drug-likeness (QED) is 0.783. The van der Waals surface area contributed by atoms with Gasteiger partial charge in [0.05, 0.1) is 12.0 Å². The first-order valence-electron chi connectivity index (χ1n) is 5.92. The van der Waals surface area contributed by atoms with Gasteiger partial charge in [-0.1, -0.05) is 6.58 Å². The summed E-state index contributed by atoms with van der Waals surface area (Å²) in [4.78, 5) is 3.74. The first-order valence-corrected chi connectivity index (χ1v) is 5.92. The third-order valence-electron chi connectivity index (χ3n) is 3.30. The molecule has 0 amide bonds. The zero-order valence-electron chi connectivity index (χ0n) is 10.4. The van der Waals surface area contributed by atoms with E-state index in [4.69, 9.17) is 9.83 Å². The van der Waals surface area contributed by atoms with Gasteiger partial charge in [0.2, 0.25) is 11.8 Å². The Labute approximate surface area is 106 Å². The van der Waals surface area contributed by atoms with Gasteiger partial charge in [-0.3, -0.25) is 10.3 Å². The molecular weight excluding hydrogens is 228 g/mol. The molecule has 0 saturated heterocycles. The van der Waals surface area contributed by atoms with Crippen LogP contribution in [0, 0.1) is 5.41 Å². The molecule has 0 unspecified atom stereocenters. The summed E-state index contributed by atoms with van der Waals surface area (Å²) in [5.74, 6) is 1.09. The molecule has 1 aromatic rings. The van der Waals surface area contributed by atoms with E-state index in [0.717, 1.165) is 30.9 Å². The zero-order valence-corrected chi connectivity index (χ0v) is 10.4. The first kappa shape index (κ1) is 11.1. The van der Waals surface area contributed by atoms with Crippen LogP contribution in [0.4, 0.5) is 5.88 Å². The SMILES string of the molecule is C=C1CNCC2=C1N(c1ccco1)C(=N)N(C)C2. The summed E-state index contributed by atoms with van der Waals surface area (Å²) < 4.78 is 5.45. The molecule has 0 atom stereocenters. The van der Waals surface area contributed by atoms with Gasteiger partial charge in [0, 0.05) is 32.7 Å². The normalized spacial score (nSPS) is 20.5. The van der Waals surface area contributed by atoms with E-state index < -0.39 is 0 Å². The van der Waals surface area contributed by atoms with E-state index in [2.05, 4.69) is 11.9 Å². The van der Waals surface area contributed by atoms with Crippen molar-refractivity contribution in [2.45, 2.75) is 0 Å². The van der Waals surface area contributed by atoms with Crippen LogP contribution in [-0.4, -0.2) is 37.5 Å². The van der Waals surface area contributed by atoms with Crippen molar-refractivity contribution in [3.63, 3.8) is 0 Å². The van der Waals surface area contributed by atoms with Crippen molar-refractivity contribution in [3.8, 4) is 0 Å². The number of anilines is 1. The van der Waals surface area contributed by atoms with Crippen LogP contribution < -0.4 is 10.2 Å². The Morgan fingerprint density at radius 3 is 3.00 bits per heavy atom. The highest BCUT2D eigenvalue weighted by Gasteiger charge is 2.33. The van der Waals surface area contributed by atoms with E-state index in [9.17, 15) is 0 Å². The Hall–Kier alpha value is -2.01. The van der Waals surface area contributed by atoms with Crippen molar-refractivity contribution in [1.29, 1.82) is 5.41 Å². The number of likely N-dealkylation sites (N-methyl/N-ethyl adjacent to an activating group) is 1. The van der Waals surface area contributed by atoms with E-state index in [-0.39, 0.29) is 0 Å². The van der Waals surface area contributed by atoms with Crippen LogP contribution in [-0.2, 0) is 0 Å². The number of furan rings is 1. The monoisotopic (exact) mass is 244 g/mol. The second-order valence-corrected chi connectivity index (χ2v) is 4.63. The first-order chi connectivity index (χ1) is 8.68. The molecular formula is C13H16N4O. The second-order valence-electron chi connectivity index (χ2n) is 4.63. The highest BCUT2D eigenvalue weighted by molar-refractivity contribution is 5.98. The predicted molar refractivity (Wildman–Crippen MR) is 70.6 cm³/mol. The average Bonchev–Trinajstić information content (AvgIpc) is 2.85. The zero-order chi connectivity index (χ0) is 12.7. The molecule has 3 rings (SSSR count). The van der Waals surface area contributed by atoms with Crippen LogP contribution >= 0.6 is 0 Å². The van der Waals surface area contributed by atoms with E-state index in [1.54, 1.807) is 6.26 Å². The highest BCUT2D eigenvalue weighted by Crippen LogP contribution is 2.31. The van der Waals surface area contributed by atoms with Gasteiger partial charge in [0.1, 0.15) is 0 Å². The Balaban J connectivity index is 2.13. The lowest BCUT2D eigenvalue weighted by Gasteiger charge is -2.40. The Kier molecular flexibility index (Phi) is 2.48. The Morgan fingerprint density at radius 2 is 2.28 bits per heavy atom. The minimum atomic E-state index is 0.423. The predicted octanol–water partition coefficient (Wildman–Crippen LogP) is 1.38. The summed E-state index contributed by atoms with van der Waals surface area (Å²) in [6, 6.07) is 3.70. The fourth-order valence-corrected chi connectivity index (χ4v) is 2.48. The summed E-state index contributed by atoms with van der Waals surface area (Å²) >= 11 is 0. The maximum Gasteiger partial charge on any atom is 0.206 e. The Morgan fingerprint density at radius 1 is 1.44 bits per heavy atom. The van der Waals surface area contributed by atoms with Crippen molar-refractivity contribution in [3.05, 3.63) is 41.8 Å². The lowest BCUT2D eigenvalue weighted by molar-refractivity contribution is 0.485. The summed E-state index contributed by atoms with van der Waals surface area (Å²) in [6.45, 7) is 6.45. The summed E-state index contributed by atoms with van der Waals surface area (Å²) in [6.07, 6.45) is 1.63. The minimum absolute atomic E-state index is 0.423. The van der Waals surface area contributed by atoms with Gasteiger partial charge in [-0.15, -0.1) is 0 Å². The molecule has 5 nitrogen and oxygen atoms in total. The van der Waals surface area contributed by atoms with Crippen LogP contribution in [0.15, 0.2) is 46.2 Å². The number of rotatable bonds is 1. The van der Waals surface area contributed by atoms with Gasteiger partial charge >= 0.3 is 0 Å². The van der Waals surface area contributed by atoms with Crippen molar-refractivity contribution < 1.29 is 4.42 Å². The van der Waals surface area contributed by atoms with E-state index >= 15 is 0 Å². The lowest BCUT2D eigenvalue weighted by Crippen LogP contribution is -2.51. The maximum absolute atomic E-state index is 8.24. The van der Waals surface area contributed by atoms with Crippen molar-refractivity contribution in [1.82, 2.24) is 10.2 Å². The second kappa shape index (κ2) is 4.03.